The van der Waals surface area contributed by atoms with Gasteiger partial charge in [-0.3, -0.25) is 9.89 Å². The van der Waals surface area contributed by atoms with Crippen LogP contribution in [-0.4, -0.2) is 65.4 Å². The van der Waals surface area contributed by atoms with E-state index >= 15 is 0 Å². The molecule has 0 bridgehead atoms. The van der Waals surface area contributed by atoms with E-state index in [-0.39, 0.29) is 5.92 Å². The summed E-state index contributed by atoms with van der Waals surface area (Å²) in [5.41, 5.74) is 1.16. The molecule has 1 aromatic heterocycles. The quantitative estimate of drug-likeness (QED) is 0.920. The van der Waals surface area contributed by atoms with Crippen molar-refractivity contribution >= 4 is 11.9 Å². The van der Waals surface area contributed by atoms with Gasteiger partial charge in [0.15, 0.2) is 5.82 Å². The first-order valence-corrected chi connectivity index (χ1v) is 8.36. The molecule has 0 saturated carbocycles. The summed E-state index contributed by atoms with van der Waals surface area (Å²) in [6.45, 7) is 6.95. The summed E-state index contributed by atoms with van der Waals surface area (Å²) in [5, 5.41) is 7.51. The van der Waals surface area contributed by atoms with E-state index in [1.165, 1.54) is 0 Å². The molecule has 2 aliphatic heterocycles. The molecule has 1 aromatic carbocycles. The summed E-state index contributed by atoms with van der Waals surface area (Å²) in [7, 11) is 0. The molecule has 0 spiro atoms. The van der Waals surface area contributed by atoms with Gasteiger partial charge in [-0.05, 0) is 11.6 Å². The van der Waals surface area contributed by atoms with Crippen LogP contribution in [0.3, 0.4) is 0 Å². The van der Waals surface area contributed by atoms with Gasteiger partial charge in [-0.15, -0.1) is 0 Å². The Morgan fingerprint density at radius 2 is 2.17 bits per heavy atom. The number of hydrogen-bond acceptors (Lipinski definition) is 6. The van der Waals surface area contributed by atoms with Gasteiger partial charge in [0.1, 0.15) is 0 Å². The summed E-state index contributed by atoms with van der Waals surface area (Å²) < 4.78 is 5.43. The van der Waals surface area contributed by atoms with Crippen LogP contribution in [0.4, 0.5) is 5.95 Å². The number of anilines is 1. The lowest BCUT2D eigenvalue weighted by atomic mass is 10.0. The maximum Gasteiger partial charge on any atom is 0.228 e. The predicted octanol–water partition coefficient (Wildman–Crippen LogP) is 1.26. The number of aromatic nitrogens is 3. The number of benzene rings is 1. The lowest BCUT2D eigenvalue weighted by Crippen LogP contribution is -2.47. The van der Waals surface area contributed by atoms with Crippen molar-refractivity contribution in [3.05, 3.63) is 41.7 Å². The Balaban J connectivity index is 1.53. The number of aromatic amines is 1. The molecule has 1 saturated heterocycles. The van der Waals surface area contributed by atoms with Crippen molar-refractivity contribution < 1.29 is 4.74 Å². The third kappa shape index (κ3) is 2.87. The van der Waals surface area contributed by atoms with Gasteiger partial charge in [0.25, 0.3) is 0 Å². The largest absolute Gasteiger partial charge is 0.378 e. The summed E-state index contributed by atoms with van der Waals surface area (Å²) in [6, 6.07) is 11.1. The molecule has 2 aromatic rings. The molecule has 1 fully saturated rings. The van der Waals surface area contributed by atoms with Crippen LogP contribution in [0, 0.1) is 6.07 Å². The predicted molar refractivity (Wildman–Crippen MR) is 91.2 cm³/mol. The van der Waals surface area contributed by atoms with E-state index in [0.717, 1.165) is 62.7 Å². The van der Waals surface area contributed by atoms with Gasteiger partial charge in [-0.1, -0.05) is 31.2 Å². The fourth-order valence-electron chi connectivity index (χ4n) is 3.08. The van der Waals surface area contributed by atoms with E-state index in [4.69, 9.17) is 9.72 Å². The van der Waals surface area contributed by atoms with Gasteiger partial charge >= 0.3 is 0 Å². The van der Waals surface area contributed by atoms with E-state index < -0.39 is 0 Å². The fraction of sp³-hybridized carbons (Fsp3) is 0.471. The molecule has 1 unspecified atom stereocenters. The van der Waals surface area contributed by atoms with Crippen molar-refractivity contribution in [1.82, 2.24) is 20.1 Å². The molecule has 1 atom stereocenters. The van der Waals surface area contributed by atoms with Gasteiger partial charge in [0, 0.05) is 25.6 Å². The monoisotopic (exact) mass is 325 g/mol. The summed E-state index contributed by atoms with van der Waals surface area (Å²) in [5.74, 6) is 2.65. The molecule has 0 aliphatic carbocycles. The van der Waals surface area contributed by atoms with Crippen molar-refractivity contribution in [3.63, 3.8) is 0 Å². The first kappa shape index (κ1) is 15.1. The highest BCUT2D eigenvalue weighted by Gasteiger charge is 2.28. The second kappa shape index (κ2) is 6.60. The third-order valence-corrected chi connectivity index (χ3v) is 4.48. The number of hydrogen-bond donors (Lipinski definition) is 1. The molecular weight excluding hydrogens is 304 g/mol. The number of guanidine groups is 1. The van der Waals surface area contributed by atoms with Crippen molar-refractivity contribution in [1.29, 1.82) is 0 Å². The Kier molecular flexibility index (Phi) is 4.17. The van der Waals surface area contributed by atoms with Gasteiger partial charge in [0.2, 0.25) is 11.9 Å². The third-order valence-electron chi connectivity index (χ3n) is 4.48. The lowest BCUT2D eigenvalue weighted by Gasteiger charge is -2.32. The Bertz CT molecular complexity index is 707. The van der Waals surface area contributed by atoms with Crippen LogP contribution in [0.25, 0.3) is 0 Å². The molecule has 4 rings (SSSR count). The van der Waals surface area contributed by atoms with Gasteiger partial charge in [-0.2, -0.15) is 10.1 Å². The van der Waals surface area contributed by atoms with Crippen LogP contribution in [0.1, 0.15) is 24.2 Å². The van der Waals surface area contributed by atoms with Crippen LogP contribution < -0.4 is 4.90 Å². The first-order valence-electron chi connectivity index (χ1n) is 8.36. The first-order chi connectivity index (χ1) is 11.8. The Morgan fingerprint density at radius 3 is 2.96 bits per heavy atom. The van der Waals surface area contributed by atoms with Crippen LogP contribution in [-0.2, 0) is 4.74 Å². The number of rotatable bonds is 3. The average molecular weight is 325 g/mol. The second-order valence-electron chi connectivity index (χ2n) is 6.01. The number of nitrogens with zero attached hydrogens (tertiary/aromatic N) is 5. The maximum atomic E-state index is 5.43. The summed E-state index contributed by atoms with van der Waals surface area (Å²) in [6.07, 6.45) is 0. The molecule has 2 aliphatic rings. The van der Waals surface area contributed by atoms with E-state index in [2.05, 4.69) is 44.0 Å². The highest BCUT2D eigenvalue weighted by Crippen LogP contribution is 2.23. The average Bonchev–Trinajstić information content (AvgIpc) is 3.32. The summed E-state index contributed by atoms with van der Waals surface area (Å²) in [4.78, 5) is 13.7. The zero-order chi connectivity index (χ0) is 16.4. The maximum absolute atomic E-state index is 5.43. The van der Waals surface area contributed by atoms with E-state index in [1.807, 2.05) is 18.2 Å². The molecule has 1 N–H and O–H groups in total. The van der Waals surface area contributed by atoms with Crippen LogP contribution in [0.15, 0.2) is 29.3 Å². The number of nitrogens with one attached hydrogen (secondary N) is 1. The van der Waals surface area contributed by atoms with Crippen LogP contribution in [0.5, 0.6) is 0 Å². The Hall–Kier alpha value is -2.41. The number of morpholine rings is 1. The zero-order valence-electron chi connectivity index (χ0n) is 13.8. The van der Waals surface area contributed by atoms with Crippen molar-refractivity contribution in [2.24, 2.45) is 4.99 Å². The SMILES string of the molecule is CC(c1c[c]ccc1)c1n[nH]c(N2CCN=C2N2CCOCC2)n1. The van der Waals surface area contributed by atoms with Crippen molar-refractivity contribution in [2.45, 2.75) is 12.8 Å². The fourth-order valence-corrected chi connectivity index (χ4v) is 3.08. The molecule has 24 heavy (non-hydrogen) atoms. The molecule has 0 amide bonds. The minimum Gasteiger partial charge on any atom is -0.378 e. The number of H-pyrrole nitrogens is 1. The lowest BCUT2D eigenvalue weighted by molar-refractivity contribution is 0.0675. The van der Waals surface area contributed by atoms with E-state index in [0.29, 0.717) is 0 Å². The Morgan fingerprint density at radius 1 is 1.29 bits per heavy atom. The topological polar surface area (TPSA) is 69.6 Å². The molecule has 3 heterocycles. The zero-order valence-corrected chi connectivity index (χ0v) is 13.8. The molecule has 125 valence electrons. The highest BCUT2D eigenvalue weighted by atomic mass is 16.5. The summed E-state index contributed by atoms with van der Waals surface area (Å²) >= 11 is 0. The van der Waals surface area contributed by atoms with Crippen LogP contribution >= 0.6 is 0 Å². The molecule has 7 heteroatoms. The van der Waals surface area contributed by atoms with Crippen molar-refractivity contribution in [3.8, 4) is 0 Å². The standard InChI is InChI=1S/C17H21N6O/c1-13(14-5-3-2-4-6-14)15-19-16(21-20-15)23-8-7-18-17(23)22-9-11-24-12-10-22/h2-3,5-6,13H,7-12H2,1H3,(H,19,20,21). The van der Waals surface area contributed by atoms with Gasteiger partial charge < -0.3 is 9.64 Å². The number of ether oxygens (including phenoxy) is 1. The van der Waals surface area contributed by atoms with E-state index in [1.54, 1.807) is 0 Å². The number of aliphatic imine (C=N–C) groups is 1. The second-order valence-corrected chi connectivity index (χ2v) is 6.01. The highest BCUT2D eigenvalue weighted by molar-refractivity contribution is 5.96. The van der Waals surface area contributed by atoms with Crippen molar-refractivity contribution in [2.75, 3.05) is 44.3 Å². The minimum absolute atomic E-state index is 0.124. The van der Waals surface area contributed by atoms with E-state index in [9.17, 15) is 0 Å². The smallest absolute Gasteiger partial charge is 0.228 e. The van der Waals surface area contributed by atoms with Crippen LogP contribution in [0.2, 0.25) is 0 Å². The molecule has 1 radical (unpaired) electrons. The van der Waals surface area contributed by atoms with Gasteiger partial charge in [-0.25, -0.2) is 5.10 Å². The normalized spacial score (nSPS) is 19.5. The van der Waals surface area contributed by atoms with Gasteiger partial charge in [0.05, 0.1) is 19.8 Å². The molecule has 7 nitrogen and oxygen atoms in total. The molecular formula is C17H21N6O. The Labute approximate surface area is 141 Å². The minimum atomic E-state index is 0.124.